The largest absolute Gasteiger partial charge is 0.465 e. The predicted molar refractivity (Wildman–Crippen MR) is 74.2 cm³/mol. The quantitative estimate of drug-likeness (QED) is 0.893. The number of aryl methyl sites for hydroxylation is 1. The Balaban J connectivity index is 1.93. The van der Waals surface area contributed by atoms with Crippen molar-refractivity contribution in [3.8, 4) is 0 Å². The molecule has 3 heteroatoms. The van der Waals surface area contributed by atoms with Gasteiger partial charge in [-0.05, 0) is 51.6 Å². The zero-order valence-corrected chi connectivity index (χ0v) is 11.9. The average Bonchev–Trinajstić information content (AvgIpc) is 2.71. The molecule has 1 heterocycles. The van der Waals surface area contributed by atoms with Crippen molar-refractivity contribution in [2.75, 3.05) is 7.05 Å². The molecule has 0 unspecified atom stereocenters. The first-order valence-electron chi connectivity index (χ1n) is 7.08. The third kappa shape index (κ3) is 3.15. The van der Waals surface area contributed by atoms with E-state index in [1.165, 1.54) is 31.2 Å². The Kier molecular flexibility index (Phi) is 4.46. The first-order chi connectivity index (χ1) is 8.60. The van der Waals surface area contributed by atoms with Gasteiger partial charge >= 0.3 is 0 Å². The molecule has 1 aromatic heterocycles. The van der Waals surface area contributed by atoms with Crippen LogP contribution in [-0.4, -0.2) is 18.0 Å². The summed E-state index contributed by atoms with van der Waals surface area (Å²) in [6, 6.07) is 2.84. The Labute approximate surface area is 110 Å². The highest BCUT2D eigenvalue weighted by molar-refractivity contribution is 5.20. The van der Waals surface area contributed by atoms with Crippen LogP contribution >= 0.6 is 0 Å². The lowest BCUT2D eigenvalue weighted by Crippen LogP contribution is -2.34. The fourth-order valence-corrected chi connectivity index (χ4v) is 2.93. The lowest BCUT2D eigenvalue weighted by molar-refractivity contribution is 0.163. The molecule has 102 valence electrons. The van der Waals surface area contributed by atoms with Crippen LogP contribution in [0, 0.1) is 12.8 Å². The molecule has 0 radical (unpaired) electrons. The summed E-state index contributed by atoms with van der Waals surface area (Å²) in [6.45, 7) is 5.87. The van der Waals surface area contributed by atoms with Gasteiger partial charge in [0.2, 0.25) is 0 Å². The molecule has 0 bridgehead atoms. The van der Waals surface area contributed by atoms with E-state index in [0.29, 0.717) is 6.54 Å². The van der Waals surface area contributed by atoms with Crippen molar-refractivity contribution in [3.63, 3.8) is 0 Å². The van der Waals surface area contributed by atoms with Gasteiger partial charge in [0.15, 0.2) is 0 Å². The van der Waals surface area contributed by atoms with Gasteiger partial charge in [-0.3, -0.25) is 4.90 Å². The summed E-state index contributed by atoms with van der Waals surface area (Å²) in [4.78, 5) is 2.48. The van der Waals surface area contributed by atoms with Crippen LogP contribution in [0.1, 0.15) is 49.7 Å². The Morgan fingerprint density at radius 2 is 2.00 bits per heavy atom. The van der Waals surface area contributed by atoms with Gasteiger partial charge < -0.3 is 10.2 Å². The second kappa shape index (κ2) is 5.89. The molecule has 3 nitrogen and oxygen atoms in total. The third-order valence-corrected chi connectivity index (χ3v) is 4.30. The Hall–Kier alpha value is -0.800. The summed E-state index contributed by atoms with van der Waals surface area (Å²) in [6.07, 6.45) is 5.40. The molecule has 0 aromatic carbocycles. The molecule has 2 rings (SSSR count). The number of hydrogen-bond donors (Lipinski definition) is 1. The topological polar surface area (TPSA) is 42.4 Å². The predicted octanol–water partition coefficient (Wildman–Crippen LogP) is 3.06. The molecule has 0 amide bonds. The highest BCUT2D eigenvalue weighted by atomic mass is 16.3. The maximum atomic E-state index is 5.62. The van der Waals surface area contributed by atoms with Gasteiger partial charge in [-0.25, -0.2) is 0 Å². The number of hydrogen-bond acceptors (Lipinski definition) is 3. The first-order valence-corrected chi connectivity index (χ1v) is 7.08. The van der Waals surface area contributed by atoms with Crippen LogP contribution in [-0.2, 0) is 13.1 Å². The minimum absolute atomic E-state index is 0.492. The van der Waals surface area contributed by atoms with E-state index in [-0.39, 0.29) is 0 Å². The van der Waals surface area contributed by atoms with Crippen LogP contribution in [0.15, 0.2) is 10.5 Å². The second-order valence-electron chi connectivity index (χ2n) is 5.83. The van der Waals surface area contributed by atoms with Crippen LogP contribution in [0.25, 0.3) is 0 Å². The summed E-state index contributed by atoms with van der Waals surface area (Å²) in [5, 5.41) is 0. The molecule has 1 aromatic rings. The van der Waals surface area contributed by atoms with Gasteiger partial charge in [0.05, 0.1) is 6.54 Å². The van der Waals surface area contributed by atoms with Crippen LogP contribution in [0.2, 0.25) is 0 Å². The van der Waals surface area contributed by atoms with Gasteiger partial charge in [-0.15, -0.1) is 0 Å². The minimum Gasteiger partial charge on any atom is -0.465 e. The zero-order chi connectivity index (χ0) is 13.1. The molecule has 2 N–H and O–H groups in total. The van der Waals surface area contributed by atoms with Gasteiger partial charge in [-0.2, -0.15) is 0 Å². The molecule has 1 aliphatic carbocycles. The minimum atomic E-state index is 0.492. The lowest BCUT2D eigenvalue weighted by atomic mass is 9.86. The van der Waals surface area contributed by atoms with Gasteiger partial charge in [0.25, 0.3) is 0 Å². The number of nitrogens with zero attached hydrogens (tertiary/aromatic N) is 1. The SMILES string of the molecule is Cc1oc(CN)cc1CN(C)C1CCC(C)CC1. The summed E-state index contributed by atoms with van der Waals surface area (Å²) >= 11 is 0. The van der Waals surface area contributed by atoms with Crippen LogP contribution < -0.4 is 5.73 Å². The molecular weight excluding hydrogens is 224 g/mol. The molecular formula is C15H26N2O. The van der Waals surface area contributed by atoms with E-state index in [1.807, 2.05) is 6.92 Å². The summed E-state index contributed by atoms with van der Waals surface area (Å²) < 4.78 is 5.62. The van der Waals surface area contributed by atoms with Crippen molar-refractivity contribution < 1.29 is 4.42 Å². The fourth-order valence-electron chi connectivity index (χ4n) is 2.93. The maximum absolute atomic E-state index is 5.62. The van der Waals surface area contributed by atoms with E-state index in [4.69, 9.17) is 10.2 Å². The molecule has 18 heavy (non-hydrogen) atoms. The van der Waals surface area contributed by atoms with E-state index >= 15 is 0 Å². The first kappa shape index (κ1) is 13.6. The third-order valence-electron chi connectivity index (χ3n) is 4.30. The normalized spacial score (nSPS) is 24.7. The van der Waals surface area contributed by atoms with Crippen molar-refractivity contribution in [1.82, 2.24) is 4.90 Å². The van der Waals surface area contributed by atoms with Crippen molar-refractivity contribution in [2.45, 2.75) is 58.7 Å². The van der Waals surface area contributed by atoms with Gasteiger partial charge in [0, 0.05) is 18.2 Å². The number of rotatable bonds is 4. The van der Waals surface area contributed by atoms with Crippen molar-refractivity contribution in [2.24, 2.45) is 11.7 Å². The molecule has 0 saturated heterocycles. The van der Waals surface area contributed by atoms with E-state index in [9.17, 15) is 0 Å². The zero-order valence-electron chi connectivity index (χ0n) is 11.9. The number of nitrogens with two attached hydrogens (primary N) is 1. The molecule has 0 atom stereocenters. The van der Waals surface area contributed by atoms with Crippen molar-refractivity contribution >= 4 is 0 Å². The smallest absolute Gasteiger partial charge is 0.118 e. The van der Waals surface area contributed by atoms with E-state index in [2.05, 4.69) is 24.9 Å². The Morgan fingerprint density at radius 1 is 1.33 bits per heavy atom. The second-order valence-corrected chi connectivity index (χ2v) is 5.83. The monoisotopic (exact) mass is 250 g/mol. The van der Waals surface area contributed by atoms with Gasteiger partial charge in [0.1, 0.15) is 11.5 Å². The highest BCUT2D eigenvalue weighted by Gasteiger charge is 2.22. The highest BCUT2D eigenvalue weighted by Crippen LogP contribution is 2.27. The molecule has 1 saturated carbocycles. The fraction of sp³-hybridized carbons (Fsp3) is 0.733. The van der Waals surface area contributed by atoms with E-state index in [0.717, 1.165) is 30.0 Å². The van der Waals surface area contributed by atoms with Crippen LogP contribution in [0.4, 0.5) is 0 Å². The lowest BCUT2D eigenvalue weighted by Gasteiger charge is -2.33. The maximum Gasteiger partial charge on any atom is 0.118 e. The molecule has 0 spiro atoms. The molecule has 0 aliphatic heterocycles. The Bertz CT molecular complexity index is 378. The van der Waals surface area contributed by atoms with Crippen LogP contribution in [0.3, 0.4) is 0 Å². The average molecular weight is 250 g/mol. The standard InChI is InChI=1S/C15H26N2O/c1-11-4-6-14(7-5-11)17(3)10-13-8-15(9-16)18-12(13)2/h8,11,14H,4-7,9-10,16H2,1-3H3. The van der Waals surface area contributed by atoms with Gasteiger partial charge in [-0.1, -0.05) is 6.92 Å². The summed E-state index contributed by atoms with van der Waals surface area (Å²) in [5.41, 5.74) is 6.90. The van der Waals surface area contributed by atoms with Crippen molar-refractivity contribution in [1.29, 1.82) is 0 Å². The Morgan fingerprint density at radius 3 is 2.56 bits per heavy atom. The van der Waals surface area contributed by atoms with E-state index < -0.39 is 0 Å². The number of furan rings is 1. The molecule has 1 fully saturated rings. The van der Waals surface area contributed by atoms with Crippen LogP contribution in [0.5, 0.6) is 0 Å². The summed E-state index contributed by atoms with van der Waals surface area (Å²) in [7, 11) is 2.23. The molecule has 1 aliphatic rings. The summed E-state index contributed by atoms with van der Waals surface area (Å²) in [5.74, 6) is 2.83. The van der Waals surface area contributed by atoms with Crippen molar-refractivity contribution in [3.05, 3.63) is 23.2 Å². The van der Waals surface area contributed by atoms with E-state index in [1.54, 1.807) is 0 Å².